The van der Waals surface area contributed by atoms with Crippen molar-refractivity contribution >= 4 is 29.3 Å². The first-order valence-corrected chi connectivity index (χ1v) is 10.1. The molecule has 2 rings (SSSR count). The first kappa shape index (κ1) is 19.6. The summed E-state index contributed by atoms with van der Waals surface area (Å²) in [6, 6.07) is 8.29. The van der Waals surface area contributed by atoms with E-state index in [0.29, 0.717) is 12.5 Å². The molecule has 1 aliphatic heterocycles. The van der Waals surface area contributed by atoms with E-state index >= 15 is 0 Å². The molecule has 6 heteroatoms. The molecule has 4 nitrogen and oxygen atoms in total. The molecular formula is C18H28ClN3OS. The molecule has 1 aromatic rings. The van der Waals surface area contributed by atoms with Crippen LogP contribution in [0.3, 0.4) is 0 Å². The van der Waals surface area contributed by atoms with Crippen LogP contribution in [-0.2, 0) is 10.5 Å². The summed E-state index contributed by atoms with van der Waals surface area (Å²) in [6.07, 6.45) is 1.58. The number of nitrogens with zero attached hydrogens (tertiary/aromatic N) is 2. The monoisotopic (exact) mass is 369 g/mol. The van der Waals surface area contributed by atoms with Crippen LogP contribution in [0.25, 0.3) is 0 Å². The maximum absolute atomic E-state index is 12.1. The third kappa shape index (κ3) is 6.63. The van der Waals surface area contributed by atoms with Crippen LogP contribution in [0, 0.1) is 0 Å². The topological polar surface area (TPSA) is 35.6 Å². The van der Waals surface area contributed by atoms with Crippen LogP contribution in [0.2, 0.25) is 5.02 Å². The third-order valence-corrected chi connectivity index (χ3v) is 5.87. The van der Waals surface area contributed by atoms with Gasteiger partial charge in [-0.2, -0.15) is 11.8 Å². The minimum atomic E-state index is 0.165. The molecule has 0 aliphatic carbocycles. The van der Waals surface area contributed by atoms with Gasteiger partial charge < -0.3 is 15.1 Å². The van der Waals surface area contributed by atoms with Gasteiger partial charge in [-0.25, -0.2) is 0 Å². The number of halogens is 1. The van der Waals surface area contributed by atoms with E-state index in [1.807, 2.05) is 30.0 Å². The number of rotatable bonds is 8. The number of benzene rings is 1. The molecule has 0 aromatic heterocycles. The van der Waals surface area contributed by atoms with Gasteiger partial charge in [0.1, 0.15) is 0 Å². The predicted molar refractivity (Wildman–Crippen MR) is 104 cm³/mol. The van der Waals surface area contributed by atoms with Crippen molar-refractivity contribution in [2.75, 3.05) is 46.0 Å². The van der Waals surface area contributed by atoms with Crippen LogP contribution >= 0.6 is 23.4 Å². The number of thioether (sulfide) groups is 1. The van der Waals surface area contributed by atoms with Gasteiger partial charge in [0, 0.05) is 49.4 Å². The zero-order valence-corrected chi connectivity index (χ0v) is 16.2. The molecule has 1 unspecified atom stereocenters. The van der Waals surface area contributed by atoms with Crippen molar-refractivity contribution in [1.82, 2.24) is 15.1 Å². The van der Waals surface area contributed by atoms with Crippen molar-refractivity contribution in [3.8, 4) is 0 Å². The lowest BCUT2D eigenvalue weighted by molar-refractivity contribution is -0.122. The van der Waals surface area contributed by atoms with Gasteiger partial charge in [0.05, 0.1) is 0 Å². The molecular weight excluding hydrogens is 342 g/mol. The Balaban J connectivity index is 1.55. The number of nitrogens with one attached hydrogen (secondary N) is 1. The molecule has 24 heavy (non-hydrogen) atoms. The van der Waals surface area contributed by atoms with E-state index in [0.717, 1.165) is 49.1 Å². The second kappa shape index (κ2) is 10.3. The van der Waals surface area contributed by atoms with Crippen molar-refractivity contribution in [3.63, 3.8) is 0 Å². The number of likely N-dealkylation sites (N-methyl/N-ethyl adjacent to an activating group) is 2. The Labute approximate surface area is 154 Å². The van der Waals surface area contributed by atoms with Gasteiger partial charge in [0.2, 0.25) is 5.91 Å². The average molecular weight is 370 g/mol. The maximum atomic E-state index is 12.1. The number of hydrogen-bond donors (Lipinski definition) is 1. The molecule has 1 aromatic carbocycles. The largest absolute Gasteiger partial charge is 0.356 e. The van der Waals surface area contributed by atoms with Crippen molar-refractivity contribution in [2.24, 2.45) is 0 Å². The SMILES string of the molecule is CN1CCN(C)C(CC(=O)NCCCSCc2ccccc2Cl)C1. The van der Waals surface area contributed by atoms with Gasteiger partial charge in [-0.15, -0.1) is 0 Å². The van der Waals surface area contributed by atoms with E-state index in [1.165, 1.54) is 5.56 Å². The number of carbonyl (C=O) groups is 1. The third-order valence-electron chi connectivity index (χ3n) is 4.40. The fourth-order valence-corrected chi connectivity index (χ4v) is 4.05. The molecule has 134 valence electrons. The molecule has 1 fully saturated rings. The second-order valence-electron chi connectivity index (χ2n) is 6.45. The summed E-state index contributed by atoms with van der Waals surface area (Å²) in [5.41, 5.74) is 1.18. The highest BCUT2D eigenvalue weighted by atomic mass is 35.5. The Hall–Kier alpha value is -0.750. The minimum Gasteiger partial charge on any atom is -0.356 e. The van der Waals surface area contributed by atoms with E-state index in [1.54, 1.807) is 0 Å². The van der Waals surface area contributed by atoms with E-state index in [9.17, 15) is 4.79 Å². The lowest BCUT2D eigenvalue weighted by Crippen LogP contribution is -2.51. The zero-order chi connectivity index (χ0) is 17.4. The maximum Gasteiger partial charge on any atom is 0.221 e. The standard InChI is InChI=1S/C18H28ClN3OS/c1-21-9-10-22(2)16(13-21)12-18(23)20-8-5-11-24-14-15-6-3-4-7-17(15)19/h3-4,6-7,16H,5,8-14H2,1-2H3,(H,20,23). The lowest BCUT2D eigenvalue weighted by Gasteiger charge is -2.37. The van der Waals surface area contributed by atoms with Crippen LogP contribution in [0.5, 0.6) is 0 Å². The molecule has 1 saturated heterocycles. The van der Waals surface area contributed by atoms with E-state index < -0.39 is 0 Å². The molecule has 0 saturated carbocycles. The van der Waals surface area contributed by atoms with Gasteiger partial charge in [0.25, 0.3) is 0 Å². The number of piperazine rings is 1. The fraction of sp³-hybridized carbons (Fsp3) is 0.611. The highest BCUT2D eigenvalue weighted by Gasteiger charge is 2.24. The highest BCUT2D eigenvalue weighted by molar-refractivity contribution is 7.98. The Morgan fingerprint density at radius 3 is 2.92 bits per heavy atom. The normalized spacial score (nSPS) is 19.4. The Kier molecular flexibility index (Phi) is 8.39. The van der Waals surface area contributed by atoms with Gasteiger partial charge in [-0.3, -0.25) is 4.79 Å². The Morgan fingerprint density at radius 1 is 1.33 bits per heavy atom. The van der Waals surface area contributed by atoms with Crippen LogP contribution in [0.1, 0.15) is 18.4 Å². The van der Waals surface area contributed by atoms with Gasteiger partial charge >= 0.3 is 0 Å². The lowest BCUT2D eigenvalue weighted by atomic mass is 10.1. The average Bonchev–Trinajstić information content (AvgIpc) is 2.56. The Bertz CT molecular complexity index is 529. The first-order valence-electron chi connectivity index (χ1n) is 8.53. The summed E-state index contributed by atoms with van der Waals surface area (Å²) in [5.74, 6) is 2.11. The second-order valence-corrected chi connectivity index (χ2v) is 7.96. The minimum absolute atomic E-state index is 0.165. The van der Waals surface area contributed by atoms with Crippen LogP contribution < -0.4 is 5.32 Å². The quantitative estimate of drug-likeness (QED) is 0.715. The van der Waals surface area contributed by atoms with Crippen molar-refractivity contribution in [1.29, 1.82) is 0 Å². The summed E-state index contributed by atoms with van der Waals surface area (Å²) in [6.45, 7) is 3.84. The number of amides is 1. The van der Waals surface area contributed by atoms with Gasteiger partial charge in [0.15, 0.2) is 0 Å². The van der Waals surface area contributed by atoms with E-state index in [-0.39, 0.29) is 5.91 Å². The van der Waals surface area contributed by atoms with Crippen molar-refractivity contribution < 1.29 is 4.79 Å². The van der Waals surface area contributed by atoms with Gasteiger partial charge in [-0.1, -0.05) is 29.8 Å². The Morgan fingerprint density at radius 2 is 2.12 bits per heavy atom. The first-order chi connectivity index (χ1) is 11.6. The number of carbonyl (C=O) groups excluding carboxylic acids is 1. The molecule has 0 radical (unpaired) electrons. The fourth-order valence-electron chi connectivity index (χ4n) is 2.81. The summed E-state index contributed by atoms with van der Waals surface area (Å²) in [7, 11) is 4.23. The molecule has 1 N–H and O–H groups in total. The number of hydrogen-bond acceptors (Lipinski definition) is 4. The molecule has 0 bridgehead atoms. The summed E-state index contributed by atoms with van der Waals surface area (Å²) < 4.78 is 0. The van der Waals surface area contributed by atoms with Crippen LogP contribution in [-0.4, -0.2) is 67.8 Å². The van der Waals surface area contributed by atoms with E-state index in [4.69, 9.17) is 11.6 Å². The molecule has 1 heterocycles. The zero-order valence-electron chi connectivity index (χ0n) is 14.6. The van der Waals surface area contributed by atoms with Crippen molar-refractivity contribution in [3.05, 3.63) is 34.9 Å². The van der Waals surface area contributed by atoms with Crippen LogP contribution in [0.15, 0.2) is 24.3 Å². The van der Waals surface area contributed by atoms with E-state index in [2.05, 4.69) is 35.3 Å². The van der Waals surface area contributed by atoms with Crippen LogP contribution in [0.4, 0.5) is 0 Å². The van der Waals surface area contributed by atoms with Gasteiger partial charge in [-0.05, 0) is 37.9 Å². The molecule has 1 amide bonds. The summed E-state index contributed by atoms with van der Waals surface area (Å²) >= 11 is 8.00. The summed E-state index contributed by atoms with van der Waals surface area (Å²) in [5, 5.41) is 3.89. The molecule has 1 atom stereocenters. The molecule has 1 aliphatic rings. The van der Waals surface area contributed by atoms with Crippen molar-refractivity contribution in [2.45, 2.75) is 24.6 Å². The molecule has 0 spiro atoms. The predicted octanol–water partition coefficient (Wildman–Crippen LogP) is 2.72. The smallest absolute Gasteiger partial charge is 0.221 e. The highest BCUT2D eigenvalue weighted by Crippen LogP contribution is 2.20. The summed E-state index contributed by atoms with van der Waals surface area (Å²) in [4.78, 5) is 16.7.